The van der Waals surface area contributed by atoms with Crippen LogP contribution in [0.15, 0.2) is 291 Å². The molecule has 21 rings (SSSR count). The molecular formula is C93H66BN9. The van der Waals surface area contributed by atoms with Crippen molar-refractivity contribution in [1.29, 1.82) is 0 Å². The Morgan fingerprint density at radius 3 is 0.854 bits per heavy atom. The van der Waals surface area contributed by atoms with Crippen LogP contribution in [0, 0.1) is 41.5 Å². The lowest BCUT2D eigenvalue weighted by Crippen LogP contribution is -2.58. The third kappa shape index (κ3) is 8.52. The summed E-state index contributed by atoms with van der Waals surface area (Å²) in [5.74, 6) is 1.07. The van der Waals surface area contributed by atoms with Crippen molar-refractivity contribution in [3.63, 3.8) is 0 Å². The van der Waals surface area contributed by atoms with Crippen LogP contribution >= 0.6 is 0 Å². The van der Waals surface area contributed by atoms with Gasteiger partial charge < -0.3 is 18.3 Å². The fourth-order valence-electron chi connectivity index (χ4n) is 18.3. The normalized spacial score (nSPS) is 12.2. The van der Waals surface area contributed by atoms with Crippen molar-refractivity contribution in [3.8, 4) is 34.6 Å². The molecule has 486 valence electrons. The average molecular weight is 1320 g/mol. The summed E-state index contributed by atoms with van der Waals surface area (Å²) >= 11 is 0. The van der Waals surface area contributed by atoms with Gasteiger partial charge in [-0.15, -0.1) is 0 Å². The standard InChI is InChI=1S/C93H66BN9/c1-55-47-57(3)89(58(4)48-55)94(90-59(5)49-56(2)50-60(90)6)91-95-92(102-75-39-21-15-33-65(75)71-51-83-69(53-85(71)102)63-31-13-19-37-73(63)100(83)81-45-25-43-79-87(81)67-35-17-23-41-77(67)98(79)61-27-9-7-10-28-61)97-93(96-91)103-76-40-22-16-34-66(76)72-52-84-70(54-86(72)103)64-32-14-20-38-74(64)101(84)82-46-26-44-80-88(82)68-36-18-24-42-78(68)99(80)62-29-11-8-12-30-62/h7-54H,1-6H3. The topological polar surface area (TPSA) is 68.2 Å². The second-order valence-corrected chi connectivity index (χ2v) is 28.3. The maximum atomic E-state index is 6.00. The van der Waals surface area contributed by atoms with Crippen molar-refractivity contribution in [3.05, 3.63) is 325 Å². The number of aromatic nitrogens is 9. The van der Waals surface area contributed by atoms with E-state index < -0.39 is 0 Å². The van der Waals surface area contributed by atoms with Crippen molar-refractivity contribution in [2.45, 2.75) is 41.5 Å². The number of fused-ring (bicyclic) bond motifs is 18. The molecule has 0 bridgehead atoms. The van der Waals surface area contributed by atoms with Crippen LogP contribution in [0.3, 0.4) is 0 Å². The van der Waals surface area contributed by atoms with Gasteiger partial charge in [-0.3, -0.25) is 9.13 Å². The van der Waals surface area contributed by atoms with Gasteiger partial charge >= 0.3 is 0 Å². The van der Waals surface area contributed by atoms with Crippen molar-refractivity contribution in [2.24, 2.45) is 0 Å². The number of aryl methyl sites for hydroxylation is 6. The van der Waals surface area contributed by atoms with Gasteiger partial charge in [-0.25, -0.2) is 9.97 Å². The van der Waals surface area contributed by atoms with Crippen LogP contribution in [-0.2, 0) is 0 Å². The zero-order valence-electron chi connectivity index (χ0n) is 57.8. The highest BCUT2D eigenvalue weighted by molar-refractivity contribution is 6.95. The van der Waals surface area contributed by atoms with Gasteiger partial charge in [0.25, 0.3) is 6.71 Å². The van der Waals surface area contributed by atoms with Crippen molar-refractivity contribution >= 4 is 154 Å². The Bertz CT molecular complexity index is 6730. The van der Waals surface area contributed by atoms with E-state index in [1.54, 1.807) is 0 Å². The van der Waals surface area contributed by atoms with Crippen molar-refractivity contribution < 1.29 is 0 Å². The molecule has 7 aromatic heterocycles. The van der Waals surface area contributed by atoms with Crippen LogP contribution in [0.2, 0.25) is 0 Å². The fraction of sp³-hybridized carbons (Fsp3) is 0.0645. The van der Waals surface area contributed by atoms with Crippen LogP contribution in [0.25, 0.3) is 165 Å². The molecule has 9 nitrogen and oxygen atoms in total. The van der Waals surface area contributed by atoms with E-state index in [-0.39, 0.29) is 6.71 Å². The molecule has 10 heteroatoms. The molecule has 21 aromatic rings. The number of rotatable bonds is 9. The maximum absolute atomic E-state index is 6.00. The first kappa shape index (κ1) is 58.9. The van der Waals surface area contributed by atoms with Gasteiger partial charge in [0.1, 0.15) is 5.72 Å². The van der Waals surface area contributed by atoms with E-state index >= 15 is 0 Å². The van der Waals surface area contributed by atoms with Gasteiger partial charge in [-0.2, -0.15) is 4.98 Å². The zero-order valence-corrected chi connectivity index (χ0v) is 57.8. The highest BCUT2D eigenvalue weighted by atomic mass is 15.3. The highest BCUT2D eigenvalue weighted by Gasteiger charge is 2.35. The van der Waals surface area contributed by atoms with Gasteiger partial charge in [0, 0.05) is 76.0 Å². The molecule has 0 unspecified atom stereocenters. The minimum Gasteiger partial charge on any atom is -0.309 e. The summed E-state index contributed by atoms with van der Waals surface area (Å²) < 4.78 is 14.5. The lowest BCUT2D eigenvalue weighted by molar-refractivity contribution is 0.905. The Hall–Kier alpha value is -13.0. The number of benzene rings is 14. The minimum atomic E-state index is -0.386. The first-order chi connectivity index (χ1) is 50.6. The summed E-state index contributed by atoms with van der Waals surface area (Å²) in [6.45, 7) is 13.1. The fourth-order valence-corrected chi connectivity index (χ4v) is 18.3. The van der Waals surface area contributed by atoms with E-state index in [9.17, 15) is 0 Å². The predicted molar refractivity (Wildman–Crippen MR) is 432 cm³/mol. The van der Waals surface area contributed by atoms with E-state index in [4.69, 9.17) is 15.0 Å². The molecule has 0 atom stereocenters. The monoisotopic (exact) mass is 1320 g/mol. The number of para-hydroxylation sites is 8. The third-order valence-electron chi connectivity index (χ3n) is 22.1. The number of hydrogen-bond acceptors (Lipinski definition) is 3. The molecule has 0 amide bonds. The van der Waals surface area contributed by atoms with E-state index in [1.165, 1.54) is 65.9 Å². The molecule has 0 spiro atoms. The van der Waals surface area contributed by atoms with Gasteiger partial charge in [0.15, 0.2) is 0 Å². The largest absolute Gasteiger partial charge is 0.309 e. The quantitative estimate of drug-likeness (QED) is 0.135. The second-order valence-electron chi connectivity index (χ2n) is 28.3. The van der Waals surface area contributed by atoms with Crippen LogP contribution < -0.4 is 16.6 Å². The molecule has 103 heavy (non-hydrogen) atoms. The maximum Gasteiger partial charge on any atom is 0.291 e. The van der Waals surface area contributed by atoms with Crippen molar-refractivity contribution in [2.75, 3.05) is 0 Å². The molecule has 0 saturated heterocycles. The second kappa shape index (κ2) is 22.2. The molecule has 0 aliphatic heterocycles. The lowest BCUT2D eigenvalue weighted by atomic mass is 9.37. The minimum absolute atomic E-state index is 0.386. The molecule has 7 heterocycles. The SMILES string of the molecule is Cc1cc(C)c(B(c2nc(-n3c4ccccc4c4cc5c(cc43)c3ccccc3n5-c3cccc4c3c3ccccc3n4-c3ccccc3)nc(-n3c4ccccc4c4cc5c(cc43)c3ccccc3n5-c3cccc4c3c3ccccc3n4-c3ccccc3)n2)c2c(C)cc(C)cc2C)c(C)c1. The first-order valence-electron chi connectivity index (χ1n) is 35.6. The van der Waals surface area contributed by atoms with E-state index in [2.05, 4.69) is 360 Å². The summed E-state index contributed by atoms with van der Waals surface area (Å²) in [6, 6.07) is 107. The molecule has 0 fully saturated rings. The van der Waals surface area contributed by atoms with Gasteiger partial charge in [0.05, 0.1) is 77.6 Å². The van der Waals surface area contributed by atoms with Gasteiger partial charge in [-0.1, -0.05) is 226 Å². The lowest BCUT2D eigenvalue weighted by Gasteiger charge is -2.24. The van der Waals surface area contributed by atoms with Crippen LogP contribution in [-0.4, -0.2) is 49.1 Å². The molecule has 0 aliphatic rings. The van der Waals surface area contributed by atoms with Crippen LogP contribution in [0.4, 0.5) is 0 Å². The van der Waals surface area contributed by atoms with E-state index in [1.807, 2.05) is 0 Å². The Morgan fingerprint density at radius 2 is 0.505 bits per heavy atom. The average Bonchev–Trinajstić information content (AvgIpc) is 1.57. The molecular weight excluding hydrogens is 1250 g/mol. The van der Waals surface area contributed by atoms with E-state index in [0.29, 0.717) is 17.6 Å². The zero-order chi connectivity index (χ0) is 68.6. The Morgan fingerprint density at radius 1 is 0.223 bits per heavy atom. The third-order valence-corrected chi connectivity index (χ3v) is 22.1. The summed E-state index contributed by atoms with van der Waals surface area (Å²) in [5.41, 5.74) is 27.9. The molecule has 0 radical (unpaired) electrons. The van der Waals surface area contributed by atoms with E-state index in [0.717, 1.165) is 132 Å². The Labute approximate surface area is 593 Å². The van der Waals surface area contributed by atoms with Gasteiger partial charge in [0.2, 0.25) is 11.9 Å². The first-order valence-corrected chi connectivity index (χ1v) is 35.6. The van der Waals surface area contributed by atoms with Crippen molar-refractivity contribution in [1.82, 2.24) is 42.4 Å². The predicted octanol–water partition coefficient (Wildman–Crippen LogP) is 20.8. The van der Waals surface area contributed by atoms with Gasteiger partial charge in [-0.05, 0) is 151 Å². The number of nitrogens with zero attached hydrogens (tertiary/aromatic N) is 9. The summed E-state index contributed by atoms with van der Waals surface area (Å²) in [5, 5.41) is 13.7. The summed E-state index contributed by atoms with van der Waals surface area (Å²) in [7, 11) is 0. The summed E-state index contributed by atoms with van der Waals surface area (Å²) in [4.78, 5) is 18.0. The molecule has 0 saturated carbocycles. The summed E-state index contributed by atoms with van der Waals surface area (Å²) in [6.07, 6.45) is 0. The smallest absolute Gasteiger partial charge is 0.291 e. The Kier molecular flexibility index (Phi) is 12.7. The van der Waals surface area contributed by atoms with Crippen LogP contribution in [0.1, 0.15) is 33.4 Å². The molecule has 0 N–H and O–H groups in total. The molecule has 14 aromatic carbocycles. The highest BCUT2D eigenvalue weighted by Crippen LogP contribution is 2.46. The Balaban J connectivity index is 0.859. The molecule has 0 aliphatic carbocycles. The number of hydrogen-bond donors (Lipinski definition) is 0. The van der Waals surface area contributed by atoms with Crippen LogP contribution in [0.5, 0.6) is 0 Å².